The SMILES string of the molecule is CC(C)(C)C(=O)N1CC(c2cc3cc(CCCCn4cc(C(=O)NCc5cc(OC(F)(F)F)ccc5F)nn4)nnc3[nH]2)C1. The van der Waals surface area contributed by atoms with Gasteiger partial charge in [-0.25, -0.2) is 4.39 Å². The lowest BCUT2D eigenvalue weighted by molar-refractivity contribution is -0.274. The molecule has 5 rings (SSSR count). The number of H-pyrrole nitrogens is 1. The highest BCUT2D eigenvalue weighted by atomic mass is 19.4. The van der Waals surface area contributed by atoms with Gasteiger partial charge in [-0.15, -0.1) is 23.4 Å². The molecule has 4 aromatic rings. The zero-order chi connectivity index (χ0) is 31.6. The van der Waals surface area contributed by atoms with Crippen molar-refractivity contribution in [1.82, 2.24) is 40.4 Å². The predicted molar refractivity (Wildman–Crippen MR) is 150 cm³/mol. The van der Waals surface area contributed by atoms with Gasteiger partial charge in [0, 0.05) is 54.2 Å². The average molecular weight is 617 g/mol. The topological polar surface area (TPSA) is 131 Å². The van der Waals surface area contributed by atoms with Gasteiger partial charge >= 0.3 is 6.36 Å². The lowest BCUT2D eigenvalue weighted by Gasteiger charge is -2.42. The summed E-state index contributed by atoms with van der Waals surface area (Å²) in [5, 5.41) is 19.8. The van der Waals surface area contributed by atoms with Crippen molar-refractivity contribution in [2.45, 2.75) is 65.4 Å². The maximum absolute atomic E-state index is 14.0. The zero-order valence-electron chi connectivity index (χ0n) is 24.4. The van der Waals surface area contributed by atoms with Gasteiger partial charge in [0.05, 0.1) is 11.9 Å². The van der Waals surface area contributed by atoms with Crippen LogP contribution in [0.5, 0.6) is 5.75 Å². The van der Waals surface area contributed by atoms with E-state index in [4.69, 9.17) is 0 Å². The fraction of sp³-hybridized carbons (Fsp3) is 0.448. The molecule has 3 aromatic heterocycles. The van der Waals surface area contributed by atoms with E-state index in [0.29, 0.717) is 31.7 Å². The Kier molecular flexibility index (Phi) is 8.57. The molecular weight excluding hydrogens is 584 g/mol. The third-order valence-electron chi connectivity index (χ3n) is 7.23. The van der Waals surface area contributed by atoms with E-state index in [9.17, 15) is 27.2 Å². The number of amides is 2. The van der Waals surface area contributed by atoms with Gasteiger partial charge in [0.1, 0.15) is 11.6 Å². The molecule has 1 saturated heterocycles. The number of aromatic nitrogens is 6. The molecule has 2 amide bonds. The van der Waals surface area contributed by atoms with Crippen molar-refractivity contribution >= 4 is 22.8 Å². The minimum Gasteiger partial charge on any atom is -0.406 e. The molecule has 234 valence electrons. The summed E-state index contributed by atoms with van der Waals surface area (Å²) in [6.07, 6.45) is -1.29. The zero-order valence-corrected chi connectivity index (χ0v) is 24.4. The van der Waals surface area contributed by atoms with Crippen molar-refractivity contribution in [3.05, 3.63) is 65.0 Å². The molecule has 1 aliphatic heterocycles. The number of benzene rings is 1. The number of hydrogen-bond donors (Lipinski definition) is 2. The standard InChI is InChI=1S/C29H32F4N8O3/c1-28(2,3)27(43)40-14-19(15-40)23-12-17-10-20(36-38-25(17)35-23)6-4-5-9-41-16-24(37-39-41)26(42)34-13-18-11-21(7-8-22(18)30)44-29(31,32)33/h7-8,10-12,16,19H,4-6,9,13-15H2,1-3H3,(H,34,42)(H,35,38). The third kappa shape index (κ3) is 7.50. The number of likely N-dealkylation sites (tertiary alicyclic amines) is 1. The van der Waals surface area contributed by atoms with Crippen LogP contribution in [-0.4, -0.2) is 66.3 Å². The van der Waals surface area contributed by atoms with E-state index in [-0.39, 0.29) is 29.6 Å². The molecule has 2 N–H and O–H groups in total. The number of rotatable bonds is 10. The predicted octanol–water partition coefficient (Wildman–Crippen LogP) is 4.51. The van der Waals surface area contributed by atoms with E-state index >= 15 is 0 Å². The van der Waals surface area contributed by atoms with Gasteiger partial charge in [-0.3, -0.25) is 14.3 Å². The van der Waals surface area contributed by atoms with Gasteiger partial charge in [-0.1, -0.05) is 26.0 Å². The first-order valence-corrected chi connectivity index (χ1v) is 14.1. The summed E-state index contributed by atoms with van der Waals surface area (Å²) in [6.45, 7) is 7.25. The summed E-state index contributed by atoms with van der Waals surface area (Å²) in [6, 6.07) is 6.63. The molecule has 11 nitrogen and oxygen atoms in total. The molecule has 0 spiro atoms. The Morgan fingerprint density at radius 2 is 1.84 bits per heavy atom. The number of nitrogens with one attached hydrogen (secondary N) is 2. The van der Waals surface area contributed by atoms with Crippen LogP contribution in [0.15, 0.2) is 36.5 Å². The maximum atomic E-state index is 14.0. The van der Waals surface area contributed by atoms with Gasteiger partial charge in [0.15, 0.2) is 11.3 Å². The van der Waals surface area contributed by atoms with Crippen molar-refractivity contribution < 1.29 is 31.9 Å². The highest BCUT2D eigenvalue weighted by Gasteiger charge is 2.37. The number of ether oxygens (including phenoxy) is 1. The van der Waals surface area contributed by atoms with Crippen molar-refractivity contribution in [2.75, 3.05) is 13.1 Å². The number of aryl methyl sites for hydroxylation is 2. The van der Waals surface area contributed by atoms with Crippen LogP contribution in [0.2, 0.25) is 0 Å². The normalized spacial score (nSPS) is 14.1. The first-order valence-electron chi connectivity index (χ1n) is 14.1. The summed E-state index contributed by atoms with van der Waals surface area (Å²) in [7, 11) is 0. The number of hydrogen-bond acceptors (Lipinski definition) is 7. The monoisotopic (exact) mass is 616 g/mol. The first kappa shape index (κ1) is 30.9. The Bertz CT molecular complexity index is 1650. The number of aromatic amines is 1. The fourth-order valence-electron chi connectivity index (χ4n) is 4.90. The quantitative estimate of drug-likeness (QED) is 0.198. The summed E-state index contributed by atoms with van der Waals surface area (Å²) in [5.74, 6) is -1.63. The molecule has 15 heteroatoms. The van der Waals surface area contributed by atoms with Crippen LogP contribution in [0.1, 0.15) is 67.0 Å². The smallest absolute Gasteiger partial charge is 0.406 e. The Labute approximate surface area is 250 Å². The third-order valence-corrected chi connectivity index (χ3v) is 7.23. The van der Waals surface area contributed by atoms with E-state index in [0.717, 1.165) is 47.8 Å². The Balaban J connectivity index is 1.07. The molecule has 1 fully saturated rings. The van der Waals surface area contributed by atoms with Crippen molar-refractivity contribution in [3.8, 4) is 5.75 Å². The van der Waals surface area contributed by atoms with Crippen molar-refractivity contribution in [3.63, 3.8) is 0 Å². The van der Waals surface area contributed by atoms with Crippen LogP contribution in [-0.2, 0) is 24.3 Å². The molecule has 4 heterocycles. The molecular formula is C29H32F4N8O3. The molecule has 1 aromatic carbocycles. The van der Waals surface area contributed by atoms with Crippen LogP contribution < -0.4 is 10.1 Å². The van der Waals surface area contributed by atoms with E-state index in [1.54, 1.807) is 0 Å². The lowest BCUT2D eigenvalue weighted by Crippen LogP contribution is -2.52. The number of halogens is 4. The number of carbonyl (C=O) groups excluding carboxylic acids is 2. The molecule has 0 atom stereocenters. The molecule has 0 unspecified atom stereocenters. The van der Waals surface area contributed by atoms with Crippen molar-refractivity contribution in [1.29, 1.82) is 0 Å². The highest BCUT2D eigenvalue weighted by molar-refractivity contribution is 5.91. The van der Waals surface area contributed by atoms with Gasteiger partial charge in [-0.05, 0) is 49.6 Å². The van der Waals surface area contributed by atoms with Crippen LogP contribution in [0.25, 0.3) is 11.0 Å². The molecule has 1 aliphatic rings. The minimum absolute atomic E-state index is 0.00922. The van der Waals surface area contributed by atoms with Gasteiger partial charge in [-0.2, -0.15) is 5.10 Å². The highest BCUT2D eigenvalue weighted by Crippen LogP contribution is 2.32. The van der Waals surface area contributed by atoms with E-state index in [1.807, 2.05) is 31.7 Å². The van der Waals surface area contributed by atoms with E-state index in [1.165, 1.54) is 10.9 Å². The lowest BCUT2D eigenvalue weighted by atomic mass is 9.89. The van der Waals surface area contributed by atoms with Crippen LogP contribution >= 0.6 is 0 Å². The van der Waals surface area contributed by atoms with Crippen LogP contribution in [0, 0.1) is 11.2 Å². The Morgan fingerprint density at radius 1 is 1.07 bits per heavy atom. The second-order valence-corrected chi connectivity index (χ2v) is 11.8. The molecule has 0 saturated carbocycles. The number of alkyl halides is 3. The fourth-order valence-corrected chi connectivity index (χ4v) is 4.90. The number of carbonyl (C=O) groups is 2. The number of nitrogens with zero attached hydrogens (tertiary/aromatic N) is 6. The van der Waals surface area contributed by atoms with Crippen LogP contribution in [0.3, 0.4) is 0 Å². The van der Waals surface area contributed by atoms with Crippen molar-refractivity contribution in [2.24, 2.45) is 5.41 Å². The largest absolute Gasteiger partial charge is 0.573 e. The summed E-state index contributed by atoms with van der Waals surface area (Å²) < 4.78 is 56.6. The van der Waals surface area contributed by atoms with Gasteiger partial charge in [0.2, 0.25) is 5.91 Å². The first-order chi connectivity index (χ1) is 20.7. The second kappa shape index (κ2) is 12.2. The number of unbranched alkanes of at least 4 members (excludes halogenated alkanes) is 1. The summed E-state index contributed by atoms with van der Waals surface area (Å²) >= 11 is 0. The summed E-state index contributed by atoms with van der Waals surface area (Å²) in [5.41, 5.74) is 2.02. The molecule has 0 radical (unpaired) electrons. The van der Waals surface area contributed by atoms with Crippen LogP contribution in [0.4, 0.5) is 17.6 Å². The minimum atomic E-state index is -4.92. The molecule has 0 aliphatic carbocycles. The second-order valence-electron chi connectivity index (χ2n) is 11.8. The molecule has 0 bridgehead atoms. The number of fused-ring (bicyclic) bond motifs is 1. The Morgan fingerprint density at radius 3 is 2.57 bits per heavy atom. The van der Waals surface area contributed by atoms with Gasteiger partial charge < -0.3 is 19.9 Å². The van der Waals surface area contributed by atoms with Gasteiger partial charge in [0.25, 0.3) is 5.91 Å². The maximum Gasteiger partial charge on any atom is 0.573 e. The van der Waals surface area contributed by atoms with E-state index in [2.05, 4.69) is 41.6 Å². The van der Waals surface area contributed by atoms with E-state index < -0.39 is 29.3 Å². The summed E-state index contributed by atoms with van der Waals surface area (Å²) in [4.78, 5) is 30.1. The molecule has 44 heavy (non-hydrogen) atoms. The average Bonchev–Trinajstić information content (AvgIpc) is 3.56. The Hall–Kier alpha value is -4.56.